The monoisotopic (exact) mass is 525 g/mol. The zero-order valence-corrected chi connectivity index (χ0v) is 20.8. The summed E-state index contributed by atoms with van der Waals surface area (Å²) in [7, 11) is 0. The van der Waals surface area contributed by atoms with Crippen LogP contribution in [-0.2, 0) is 4.79 Å². The van der Waals surface area contributed by atoms with E-state index in [1.165, 1.54) is 17.0 Å². The number of benzene rings is 2. The van der Waals surface area contributed by atoms with Crippen LogP contribution in [0.4, 0.5) is 26.5 Å². The van der Waals surface area contributed by atoms with E-state index in [1.807, 2.05) is 24.0 Å². The van der Waals surface area contributed by atoms with Crippen molar-refractivity contribution in [2.75, 3.05) is 34.8 Å². The molecule has 2 aliphatic rings. The molecule has 11 heteroatoms. The van der Waals surface area contributed by atoms with E-state index in [4.69, 9.17) is 16.3 Å². The second-order valence-electron chi connectivity index (χ2n) is 9.15. The van der Waals surface area contributed by atoms with Crippen LogP contribution in [0.15, 0.2) is 48.8 Å². The van der Waals surface area contributed by atoms with Crippen LogP contribution in [0, 0.1) is 11.7 Å². The van der Waals surface area contributed by atoms with Gasteiger partial charge in [0.1, 0.15) is 17.7 Å². The molecule has 2 N–H and O–H groups in total. The molecule has 0 aliphatic carbocycles. The molecule has 0 radical (unpaired) electrons. The van der Waals surface area contributed by atoms with Crippen molar-refractivity contribution in [2.24, 2.45) is 5.92 Å². The lowest BCUT2D eigenvalue weighted by Gasteiger charge is -2.33. The Morgan fingerprint density at radius 3 is 2.51 bits per heavy atom. The van der Waals surface area contributed by atoms with E-state index in [2.05, 4.69) is 15.3 Å². The molecular formula is C26H25ClFN5O4. The molecule has 1 atom stereocenters. The maximum Gasteiger partial charge on any atom is 0.326 e. The number of carboxylic acid groups (broad SMARTS) is 1. The molecule has 5 rings (SSSR count). The van der Waals surface area contributed by atoms with Crippen LogP contribution in [0.25, 0.3) is 11.1 Å². The van der Waals surface area contributed by atoms with Gasteiger partial charge in [-0.05, 0) is 55.7 Å². The Hall–Kier alpha value is -3.92. The number of nitrogens with one attached hydrogen (secondary N) is 1. The first-order chi connectivity index (χ1) is 17.8. The minimum Gasteiger partial charge on any atom is -0.487 e. The number of piperidine rings is 1. The number of rotatable bonds is 4. The van der Waals surface area contributed by atoms with Gasteiger partial charge in [-0.25, -0.2) is 19.2 Å². The van der Waals surface area contributed by atoms with E-state index >= 15 is 0 Å². The van der Waals surface area contributed by atoms with Gasteiger partial charge in [0.15, 0.2) is 0 Å². The predicted octanol–water partition coefficient (Wildman–Crippen LogP) is 5.06. The number of hydrogen-bond donors (Lipinski definition) is 2. The van der Waals surface area contributed by atoms with Crippen molar-refractivity contribution in [3.05, 3.63) is 59.6 Å². The number of hydrogen-bond acceptors (Lipinski definition) is 6. The lowest BCUT2D eigenvalue weighted by Crippen LogP contribution is -2.44. The lowest BCUT2D eigenvalue weighted by molar-refractivity contribution is -0.142. The van der Waals surface area contributed by atoms with Crippen LogP contribution in [0.5, 0.6) is 5.75 Å². The van der Waals surface area contributed by atoms with Gasteiger partial charge >= 0.3 is 12.0 Å². The van der Waals surface area contributed by atoms with Crippen molar-refractivity contribution in [1.82, 2.24) is 9.97 Å². The number of urea groups is 1. The molecule has 2 aromatic carbocycles. The van der Waals surface area contributed by atoms with E-state index < -0.39 is 17.8 Å². The first kappa shape index (κ1) is 24.8. The number of aliphatic carboxylic acids is 1. The number of carboxylic acids is 1. The summed E-state index contributed by atoms with van der Waals surface area (Å²) in [6.07, 6.45) is 4.28. The van der Waals surface area contributed by atoms with Crippen molar-refractivity contribution < 1.29 is 23.8 Å². The molecule has 9 nitrogen and oxygen atoms in total. The van der Waals surface area contributed by atoms with Crippen LogP contribution < -0.4 is 19.9 Å². The molecule has 1 saturated heterocycles. The van der Waals surface area contributed by atoms with Gasteiger partial charge in [0.05, 0.1) is 23.8 Å². The quantitative estimate of drug-likeness (QED) is 0.490. The van der Waals surface area contributed by atoms with E-state index in [1.54, 1.807) is 18.5 Å². The van der Waals surface area contributed by atoms with E-state index in [0.29, 0.717) is 49.9 Å². The van der Waals surface area contributed by atoms with Gasteiger partial charge in [0, 0.05) is 36.1 Å². The van der Waals surface area contributed by atoms with E-state index in [9.17, 15) is 19.1 Å². The number of anilines is 3. The molecule has 0 spiro atoms. The van der Waals surface area contributed by atoms with Gasteiger partial charge < -0.3 is 20.1 Å². The van der Waals surface area contributed by atoms with Crippen molar-refractivity contribution in [3.63, 3.8) is 0 Å². The molecule has 1 aromatic heterocycles. The SMILES string of the molecule is CC1CN(C(=O)Nc2ccc(Cl)cc2F)c2ccc(-c3cnc(N4CCC(C(=O)O)CC4)nc3)cc2O1. The smallest absolute Gasteiger partial charge is 0.326 e. The van der Waals surface area contributed by atoms with Gasteiger partial charge in [0.2, 0.25) is 5.95 Å². The molecule has 3 aromatic rings. The third kappa shape index (κ3) is 5.29. The summed E-state index contributed by atoms with van der Waals surface area (Å²) in [5.74, 6) is -0.615. The van der Waals surface area contributed by atoms with Crippen molar-refractivity contribution in [1.29, 1.82) is 0 Å². The Bertz CT molecular complexity index is 1330. The van der Waals surface area contributed by atoms with E-state index in [-0.39, 0.29) is 22.7 Å². The number of carbonyl (C=O) groups is 2. The zero-order valence-electron chi connectivity index (χ0n) is 20.0. The zero-order chi connectivity index (χ0) is 26.1. The third-order valence-corrected chi connectivity index (χ3v) is 6.77. The molecule has 1 unspecified atom stereocenters. The molecule has 1 fully saturated rings. The summed E-state index contributed by atoms with van der Waals surface area (Å²) < 4.78 is 20.2. The topological polar surface area (TPSA) is 108 Å². The van der Waals surface area contributed by atoms with Crippen molar-refractivity contribution >= 4 is 40.9 Å². The number of halogens is 2. The highest BCUT2D eigenvalue weighted by atomic mass is 35.5. The van der Waals surface area contributed by atoms with Gasteiger partial charge in [0.25, 0.3) is 0 Å². The lowest BCUT2D eigenvalue weighted by atomic mass is 9.97. The maximum absolute atomic E-state index is 14.2. The van der Waals surface area contributed by atoms with Gasteiger partial charge in [-0.1, -0.05) is 17.7 Å². The highest BCUT2D eigenvalue weighted by molar-refractivity contribution is 6.30. The van der Waals surface area contributed by atoms with Crippen LogP contribution >= 0.6 is 11.6 Å². The second-order valence-corrected chi connectivity index (χ2v) is 9.58. The highest BCUT2D eigenvalue weighted by Gasteiger charge is 2.29. The summed E-state index contributed by atoms with van der Waals surface area (Å²) in [6, 6.07) is 9.03. The van der Waals surface area contributed by atoms with Crippen molar-refractivity contribution in [2.45, 2.75) is 25.9 Å². The molecule has 2 amide bonds. The summed E-state index contributed by atoms with van der Waals surface area (Å²) in [5, 5.41) is 12.0. The standard InChI is InChI=1S/C26H25ClFN5O4/c1-15-14-33(26(36)31-21-4-3-19(27)11-20(21)28)22-5-2-17(10-23(22)37-15)18-12-29-25(30-13-18)32-8-6-16(7-9-32)24(34)35/h2-5,10-13,15-16H,6-9,14H2,1H3,(H,31,36)(H,34,35). The first-order valence-corrected chi connectivity index (χ1v) is 12.3. The molecule has 0 saturated carbocycles. The Morgan fingerprint density at radius 1 is 1.11 bits per heavy atom. The van der Waals surface area contributed by atoms with Gasteiger partial charge in [-0.2, -0.15) is 0 Å². The fraction of sp³-hybridized carbons (Fsp3) is 0.308. The Morgan fingerprint density at radius 2 is 1.84 bits per heavy atom. The van der Waals surface area contributed by atoms with Crippen molar-refractivity contribution in [3.8, 4) is 16.9 Å². The number of nitrogens with zero attached hydrogens (tertiary/aromatic N) is 4. The third-order valence-electron chi connectivity index (χ3n) is 6.53. The van der Waals surface area contributed by atoms with E-state index in [0.717, 1.165) is 17.2 Å². The fourth-order valence-electron chi connectivity index (χ4n) is 4.55. The molecule has 0 bridgehead atoms. The number of carbonyl (C=O) groups excluding carboxylic acids is 1. The predicted molar refractivity (Wildman–Crippen MR) is 138 cm³/mol. The fourth-order valence-corrected chi connectivity index (χ4v) is 4.71. The summed E-state index contributed by atoms with van der Waals surface area (Å²) in [4.78, 5) is 36.7. The summed E-state index contributed by atoms with van der Waals surface area (Å²) in [6.45, 7) is 3.34. The highest BCUT2D eigenvalue weighted by Crippen LogP contribution is 2.37. The molecule has 3 heterocycles. The number of amides is 2. The molecule has 37 heavy (non-hydrogen) atoms. The second kappa shape index (κ2) is 10.2. The molecular weight excluding hydrogens is 501 g/mol. The number of fused-ring (bicyclic) bond motifs is 1. The van der Waals surface area contributed by atoms with Crippen LogP contribution in [0.3, 0.4) is 0 Å². The minimum atomic E-state index is -0.756. The normalized spacial score (nSPS) is 17.6. The Balaban J connectivity index is 1.32. The summed E-state index contributed by atoms with van der Waals surface area (Å²) in [5.41, 5.74) is 2.19. The minimum absolute atomic E-state index is 0.0381. The largest absolute Gasteiger partial charge is 0.487 e. The molecule has 192 valence electrons. The average Bonchev–Trinajstić information content (AvgIpc) is 2.89. The maximum atomic E-state index is 14.2. The van der Waals surface area contributed by atoms with Gasteiger partial charge in [-0.15, -0.1) is 0 Å². The molecule has 2 aliphatic heterocycles. The van der Waals surface area contributed by atoms with Crippen LogP contribution in [-0.4, -0.2) is 52.8 Å². The van der Waals surface area contributed by atoms with Crippen LogP contribution in [0.2, 0.25) is 5.02 Å². The summed E-state index contributed by atoms with van der Waals surface area (Å²) >= 11 is 5.81. The Labute approximate surface area is 217 Å². The van der Waals surface area contributed by atoms with Gasteiger partial charge in [-0.3, -0.25) is 9.69 Å². The number of aromatic nitrogens is 2. The Kier molecular flexibility index (Phi) is 6.84. The first-order valence-electron chi connectivity index (χ1n) is 11.9. The average molecular weight is 526 g/mol. The van der Waals surface area contributed by atoms with Crippen LogP contribution in [0.1, 0.15) is 19.8 Å². The number of ether oxygens (including phenoxy) is 1.